The third kappa shape index (κ3) is 2.43. The van der Waals surface area contributed by atoms with Gasteiger partial charge in [-0.1, -0.05) is 0 Å². The molecule has 0 bridgehead atoms. The molecule has 0 spiro atoms. The minimum Gasteiger partial charge on any atom is -0.382 e. The standard InChI is InChI=1S/C11H10Br2OS2/c1-5-3-7(15-10(5)12)9(14)8-4-6(2)11(13)16-8/h3-4,9,14H,1-2H3. The van der Waals surface area contributed by atoms with E-state index in [0.29, 0.717) is 0 Å². The van der Waals surface area contributed by atoms with Crippen LogP contribution in [0.5, 0.6) is 0 Å². The molecular formula is C11H10Br2OS2. The fraction of sp³-hybridized carbons (Fsp3) is 0.273. The Balaban J connectivity index is 2.34. The van der Waals surface area contributed by atoms with Gasteiger partial charge in [-0.15, -0.1) is 22.7 Å². The van der Waals surface area contributed by atoms with Crippen LogP contribution < -0.4 is 0 Å². The molecule has 0 aliphatic carbocycles. The number of rotatable bonds is 2. The Bertz CT molecular complexity index is 431. The van der Waals surface area contributed by atoms with Crippen LogP contribution in [0.3, 0.4) is 0 Å². The van der Waals surface area contributed by atoms with Gasteiger partial charge in [0.1, 0.15) is 6.10 Å². The monoisotopic (exact) mass is 380 g/mol. The average molecular weight is 382 g/mol. The molecule has 2 aromatic heterocycles. The average Bonchev–Trinajstić information content (AvgIpc) is 2.72. The van der Waals surface area contributed by atoms with E-state index in [1.165, 1.54) is 11.1 Å². The van der Waals surface area contributed by atoms with E-state index < -0.39 is 6.10 Å². The summed E-state index contributed by atoms with van der Waals surface area (Å²) in [6.45, 7) is 4.07. The van der Waals surface area contributed by atoms with Gasteiger partial charge >= 0.3 is 0 Å². The Morgan fingerprint density at radius 3 is 1.62 bits per heavy atom. The van der Waals surface area contributed by atoms with Gasteiger partial charge in [-0.3, -0.25) is 0 Å². The van der Waals surface area contributed by atoms with Crippen LogP contribution in [-0.4, -0.2) is 5.11 Å². The molecule has 0 aromatic carbocycles. The number of aryl methyl sites for hydroxylation is 2. The lowest BCUT2D eigenvalue weighted by Crippen LogP contribution is -1.92. The van der Waals surface area contributed by atoms with Gasteiger partial charge < -0.3 is 5.11 Å². The minimum atomic E-state index is -0.509. The highest BCUT2D eigenvalue weighted by molar-refractivity contribution is 9.11. The number of hydrogen-bond donors (Lipinski definition) is 1. The fourth-order valence-electron chi connectivity index (χ4n) is 1.38. The Labute approximate surface area is 119 Å². The summed E-state index contributed by atoms with van der Waals surface area (Å²) in [5.41, 5.74) is 2.35. The Morgan fingerprint density at radius 1 is 1.00 bits per heavy atom. The van der Waals surface area contributed by atoms with Gasteiger partial charge in [-0.2, -0.15) is 0 Å². The minimum absolute atomic E-state index is 0.509. The first kappa shape index (κ1) is 12.8. The molecule has 16 heavy (non-hydrogen) atoms. The van der Waals surface area contributed by atoms with Gasteiger partial charge in [0.25, 0.3) is 0 Å². The smallest absolute Gasteiger partial charge is 0.122 e. The molecule has 0 saturated carbocycles. The highest BCUT2D eigenvalue weighted by Crippen LogP contribution is 2.38. The first-order valence-corrected chi connectivity index (χ1v) is 7.90. The molecule has 0 fully saturated rings. The predicted molar refractivity (Wildman–Crippen MR) is 77.6 cm³/mol. The van der Waals surface area contributed by atoms with E-state index in [0.717, 1.165) is 17.3 Å². The Morgan fingerprint density at radius 2 is 1.38 bits per heavy atom. The SMILES string of the molecule is Cc1cc(C(O)c2cc(C)c(Br)s2)sc1Br. The quantitative estimate of drug-likeness (QED) is 0.772. The molecule has 2 aromatic rings. The molecule has 1 N–H and O–H groups in total. The van der Waals surface area contributed by atoms with Gasteiger partial charge in [0.15, 0.2) is 0 Å². The summed E-state index contributed by atoms with van der Waals surface area (Å²) in [5.74, 6) is 0. The highest BCUT2D eigenvalue weighted by atomic mass is 79.9. The molecule has 0 saturated heterocycles. The lowest BCUT2D eigenvalue weighted by molar-refractivity contribution is 0.228. The van der Waals surface area contributed by atoms with Gasteiger partial charge in [-0.25, -0.2) is 0 Å². The summed E-state index contributed by atoms with van der Waals surface area (Å²) >= 11 is 10.1. The second-order valence-electron chi connectivity index (χ2n) is 3.61. The summed E-state index contributed by atoms with van der Waals surface area (Å²) < 4.78 is 2.18. The molecule has 0 aliphatic heterocycles. The van der Waals surface area contributed by atoms with Crippen molar-refractivity contribution in [3.05, 3.63) is 40.6 Å². The highest BCUT2D eigenvalue weighted by Gasteiger charge is 2.17. The van der Waals surface area contributed by atoms with Crippen LogP contribution in [0.4, 0.5) is 0 Å². The summed E-state index contributed by atoms with van der Waals surface area (Å²) in [4.78, 5) is 1.97. The van der Waals surface area contributed by atoms with Crippen molar-refractivity contribution in [2.45, 2.75) is 20.0 Å². The first-order chi connectivity index (χ1) is 7.49. The lowest BCUT2D eigenvalue weighted by atomic mass is 10.2. The third-order valence-corrected chi connectivity index (χ3v) is 6.67. The van der Waals surface area contributed by atoms with Crippen molar-refractivity contribution in [3.8, 4) is 0 Å². The van der Waals surface area contributed by atoms with Crippen molar-refractivity contribution in [3.63, 3.8) is 0 Å². The van der Waals surface area contributed by atoms with Crippen LogP contribution in [0, 0.1) is 13.8 Å². The third-order valence-electron chi connectivity index (χ3n) is 2.29. The molecule has 5 heteroatoms. The molecule has 2 rings (SSSR count). The number of halogens is 2. The Hall–Kier alpha value is 0.320. The van der Waals surface area contributed by atoms with Crippen LogP contribution in [-0.2, 0) is 0 Å². The normalized spacial score (nSPS) is 11.4. The van der Waals surface area contributed by atoms with E-state index >= 15 is 0 Å². The van der Waals surface area contributed by atoms with Crippen LogP contribution >= 0.6 is 54.5 Å². The van der Waals surface area contributed by atoms with E-state index in [1.807, 2.05) is 26.0 Å². The van der Waals surface area contributed by atoms with E-state index in [1.54, 1.807) is 22.7 Å². The van der Waals surface area contributed by atoms with E-state index in [4.69, 9.17) is 0 Å². The largest absolute Gasteiger partial charge is 0.382 e. The molecule has 0 radical (unpaired) electrons. The van der Waals surface area contributed by atoms with E-state index in [-0.39, 0.29) is 0 Å². The second kappa shape index (κ2) is 4.90. The van der Waals surface area contributed by atoms with Crippen LogP contribution in [0.1, 0.15) is 27.0 Å². The fourth-order valence-corrected chi connectivity index (χ4v) is 4.60. The summed E-state index contributed by atoms with van der Waals surface area (Å²) in [6.07, 6.45) is -0.509. The zero-order chi connectivity index (χ0) is 11.9. The number of aliphatic hydroxyl groups is 1. The molecular weight excluding hydrogens is 372 g/mol. The maximum Gasteiger partial charge on any atom is 0.122 e. The van der Waals surface area contributed by atoms with E-state index in [9.17, 15) is 5.11 Å². The molecule has 86 valence electrons. The number of thiophene rings is 2. The maximum atomic E-state index is 10.2. The second-order valence-corrected chi connectivity index (χ2v) is 8.42. The zero-order valence-electron chi connectivity index (χ0n) is 8.75. The lowest BCUT2D eigenvalue weighted by Gasteiger charge is -2.04. The van der Waals surface area contributed by atoms with Crippen molar-refractivity contribution in [2.75, 3.05) is 0 Å². The van der Waals surface area contributed by atoms with Gasteiger partial charge in [0.2, 0.25) is 0 Å². The molecule has 0 amide bonds. The van der Waals surface area contributed by atoms with E-state index in [2.05, 4.69) is 31.9 Å². The van der Waals surface area contributed by atoms with Gasteiger partial charge in [-0.05, 0) is 69.0 Å². The first-order valence-electron chi connectivity index (χ1n) is 4.68. The predicted octanol–water partition coefficient (Wildman–Crippen LogP) is 5.03. The summed E-state index contributed by atoms with van der Waals surface area (Å²) in [5, 5.41) is 10.2. The van der Waals surface area contributed by atoms with Gasteiger partial charge in [0.05, 0.1) is 7.57 Å². The zero-order valence-corrected chi connectivity index (χ0v) is 13.6. The van der Waals surface area contributed by atoms with Crippen LogP contribution in [0.15, 0.2) is 19.7 Å². The molecule has 1 nitrogen and oxygen atoms in total. The van der Waals surface area contributed by atoms with Crippen molar-refractivity contribution in [2.24, 2.45) is 0 Å². The maximum absolute atomic E-state index is 10.2. The van der Waals surface area contributed by atoms with Crippen molar-refractivity contribution in [1.29, 1.82) is 0 Å². The molecule has 0 atom stereocenters. The Kier molecular flexibility index (Phi) is 3.91. The number of aliphatic hydroxyl groups excluding tert-OH is 1. The summed E-state index contributed by atoms with van der Waals surface area (Å²) in [6, 6.07) is 4.06. The van der Waals surface area contributed by atoms with Gasteiger partial charge in [0, 0.05) is 9.75 Å². The topological polar surface area (TPSA) is 20.2 Å². The summed E-state index contributed by atoms with van der Waals surface area (Å²) in [7, 11) is 0. The molecule has 2 heterocycles. The molecule has 0 unspecified atom stereocenters. The van der Waals surface area contributed by atoms with Crippen molar-refractivity contribution >= 4 is 54.5 Å². The van der Waals surface area contributed by atoms with Crippen LogP contribution in [0.2, 0.25) is 0 Å². The van der Waals surface area contributed by atoms with Crippen molar-refractivity contribution in [1.82, 2.24) is 0 Å². The van der Waals surface area contributed by atoms with Crippen molar-refractivity contribution < 1.29 is 5.11 Å². The van der Waals surface area contributed by atoms with Crippen LogP contribution in [0.25, 0.3) is 0 Å². The number of hydrogen-bond acceptors (Lipinski definition) is 3. The molecule has 0 aliphatic rings.